The second kappa shape index (κ2) is 5.95. The Morgan fingerprint density at radius 3 is 2.53 bits per heavy atom. The van der Waals surface area contributed by atoms with E-state index in [9.17, 15) is 4.79 Å². The number of carbonyl (C=O) groups is 1. The van der Waals surface area contributed by atoms with Crippen LogP contribution in [0, 0.1) is 0 Å². The topological polar surface area (TPSA) is 55.6 Å². The Morgan fingerprint density at radius 2 is 2.00 bits per heavy atom. The first-order valence-electron chi connectivity index (χ1n) is 6.64. The number of hydrogen-bond acceptors (Lipinski definition) is 3. The summed E-state index contributed by atoms with van der Waals surface area (Å²) in [6, 6.07) is 5.30. The normalized spacial score (nSPS) is 11.2. The van der Waals surface area contributed by atoms with Gasteiger partial charge in [-0.1, -0.05) is 13.0 Å². The zero-order valence-corrected chi connectivity index (χ0v) is 12.5. The maximum absolute atomic E-state index is 12.6. The van der Waals surface area contributed by atoms with Crippen LogP contribution in [0.3, 0.4) is 0 Å². The molecule has 1 rings (SSSR count). The van der Waals surface area contributed by atoms with Gasteiger partial charge in [0.15, 0.2) is 0 Å². The Morgan fingerprint density at radius 1 is 1.37 bits per heavy atom. The fourth-order valence-electron chi connectivity index (χ4n) is 1.73. The summed E-state index contributed by atoms with van der Waals surface area (Å²) in [6.07, 6.45) is 0.867. The summed E-state index contributed by atoms with van der Waals surface area (Å²) < 4.78 is 5.51. The third kappa shape index (κ3) is 3.19. The summed E-state index contributed by atoms with van der Waals surface area (Å²) in [5, 5.41) is 0. The largest absolute Gasteiger partial charge is 0.493 e. The van der Waals surface area contributed by atoms with Crippen LogP contribution in [0.1, 0.15) is 44.5 Å². The van der Waals surface area contributed by atoms with Gasteiger partial charge in [-0.2, -0.15) is 0 Å². The van der Waals surface area contributed by atoms with Crippen molar-refractivity contribution in [1.29, 1.82) is 0 Å². The van der Waals surface area contributed by atoms with Crippen LogP contribution in [0.2, 0.25) is 0 Å². The first kappa shape index (κ1) is 15.3. The average Bonchev–Trinajstić information content (AvgIpc) is 2.37. The minimum atomic E-state index is -0.219. The van der Waals surface area contributed by atoms with Crippen molar-refractivity contribution in [3.05, 3.63) is 23.8 Å². The number of anilines is 1. The van der Waals surface area contributed by atoms with Crippen molar-refractivity contribution in [2.75, 3.05) is 19.4 Å². The Bertz CT molecular complexity index is 455. The lowest BCUT2D eigenvalue weighted by atomic mass is 9.98. The van der Waals surface area contributed by atoms with E-state index in [1.165, 1.54) is 0 Å². The number of carbonyl (C=O) groups excluding carboxylic acids is 1. The zero-order valence-electron chi connectivity index (χ0n) is 12.5. The summed E-state index contributed by atoms with van der Waals surface area (Å²) in [5.74, 6) is 0.444. The number of nitrogens with zero attached hydrogens (tertiary/aromatic N) is 1. The van der Waals surface area contributed by atoms with Crippen molar-refractivity contribution in [2.24, 2.45) is 0 Å². The van der Waals surface area contributed by atoms with E-state index in [1.807, 2.05) is 20.8 Å². The minimum Gasteiger partial charge on any atom is -0.493 e. The van der Waals surface area contributed by atoms with Gasteiger partial charge in [0.25, 0.3) is 5.91 Å². The predicted octanol–water partition coefficient (Wildman–Crippen LogP) is 2.93. The van der Waals surface area contributed by atoms with Crippen molar-refractivity contribution in [3.8, 4) is 5.75 Å². The van der Waals surface area contributed by atoms with Gasteiger partial charge in [-0.3, -0.25) is 4.79 Å². The van der Waals surface area contributed by atoms with Crippen LogP contribution in [0.25, 0.3) is 0 Å². The van der Waals surface area contributed by atoms with Crippen molar-refractivity contribution < 1.29 is 9.53 Å². The fourth-order valence-corrected chi connectivity index (χ4v) is 1.73. The SMILES string of the molecule is CCOc1cccc(N)c1C(=O)N(C)C(C)(C)CC. The number of benzene rings is 1. The molecule has 0 atom stereocenters. The third-order valence-corrected chi connectivity index (χ3v) is 3.65. The van der Waals surface area contributed by atoms with Crippen LogP contribution in [-0.2, 0) is 0 Å². The number of nitrogen functional groups attached to an aromatic ring is 1. The van der Waals surface area contributed by atoms with Gasteiger partial charge in [-0.25, -0.2) is 0 Å². The smallest absolute Gasteiger partial charge is 0.259 e. The Labute approximate surface area is 115 Å². The molecule has 1 aromatic carbocycles. The van der Waals surface area contributed by atoms with E-state index in [0.717, 1.165) is 6.42 Å². The molecule has 0 fully saturated rings. The van der Waals surface area contributed by atoms with Crippen LogP contribution >= 0.6 is 0 Å². The summed E-state index contributed by atoms with van der Waals surface area (Å²) >= 11 is 0. The molecule has 0 aliphatic heterocycles. The lowest BCUT2D eigenvalue weighted by Gasteiger charge is -2.35. The molecule has 106 valence electrons. The van der Waals surface area contributed by atoms with Gasteiger partial charge in [0.05, 0.1) is 6.61 Å². The molecule has 0 bridgehead atoms. The summed E-state index contributed by atoms with van der Waals surface area (Å²) in [6.45, 7) is 8.51. The molecule has 19 heavy (non-hydrogen) atoms. The molecule has 0 aromatic heterocycles. The second-order valence-corrected chi connectivity index (χ2v) is 5.18. The van der Waals surface area contributed by atoms with Gasteiger partial charge in [0.2, 0.25) is 0 Å². The van der Waals surface area contributed by atoms with Gasteiger partial charge in [-0.05, 0) is 39.3 Å². The molecule has 1 aromatic rings. The molecular weight excluding hydrogens is 240 g/mol. The lowest BCUT2D eigenvalue weighted by Crippen LogP contribution is -2.44. The molecule has 0 saturated heterocycles. The van der Waals surface area contributed by atoms with Gasteiger partial charge in [0.1, 0.15) is 11.3 Å². The van der Waals surface area contributed by atoms with Crippen LogP contribution < -0.4 is 10.5 Å². The van der Waals surface area contributed by atoms with Crippen LogP contribution in [-0.4, -0.2) is 30.0 Å². The van der Waals surface area contributed by atoms with E-state index in [4.69, 9.17) is 10.5 Å². The third-order valence-electron chi connectivity index (χ3n) is 3.65. The first-order chi connectivity index (χ1) is 8.85. The first-order valence-corrected chi connectivity index (χ1v) is 6.64. The molecule has 1 amide bonds. The molecule has 0 spiro atoms. The molecule has 0 unspecified atom stereocenters. The summed E-state index contributed by atoms with van der Waals surface area (Å²) in [5.41, 5.74) is 6.63. The van der Waals surface area contributed by atoms with Crippen LogP contribution in [0.4, 0.5) is 5.69 Å². The van der Waals surface area contributed by atoms with Crippen molar-refractivity contribution >= 4 is 11.6 Å². The average molecular weight is 264 g/mol. The highest BCUT2D eigenvalue weighted by Gasteiger charge is 2.29. The molecule has 4 heteroatoms. The van der Waals surface area contributed by atoms with Gasteiger partial charge in [0, 0.05) is 18.3 Å². The van der Waals surface area contributed by atoms with Gasteiger partial charge in [-0.15, -0.1) is 0 Å². The molecular formula is C15H24N2O2. The van der Waals surface area contributed by atoms with Crippen LogP contribution in [0.5, 0.6) is 5.75 Å². The maximum Gasteiger partial charge on any atom is 0.259 e. The Hall–Kier alpha value is -1.71. The van der Waals surface area contributed by atoms with E-state index >= 15 is 0 Å². The van der Waals surface area contributed by atoms with E-state index in [2.05, 4.69) is 6.92 Å². The summed E-state index contributed by atoms with van der Waals surface area (Å²) in [7, 11) is 1.80. The van der Waals surface area contributed by atoms with E-state index < -0.39 is 0 Å². The standard InChI is InChI=1S/C15H24N2O2/c1-6-15(3,4)17(5)14(18)13-11(16)9-8-10-12(13)19-7-2/h8-10H,6-7,16H2,1-5H3. The van der Waals surface area contributed by atoms with E-state index in [0.29, 0.717) is 23.6 Å². The molecule has 0 saturated carbocycles. The number of hydrogen-bond donors (Lipinski definition) is 1. The fraction of sp³-hybridized carbons (Fsp3) is 0.533. The molecule has 0 aliphatic rings. The quantitative estimate of drug-likeness (QED) is 0.832. The Kier molecular flexibility index (Phi) is 4.81. The van der Waals surface area contributed by atoms with Crippen molar-refractivity contribution in [2.45, 2.75) is 39.7 Å². The molecule has 0 heterocycles. The highest BCUT2D eigenvalue weighted by molar-refractivity contribution is 6.02. The molecule has 0 radical (unpaired) electrons. The molecule has 0 aliphatic carbocycles. The Balaban J connectivity index is 3.19. The number of ether oxygens (including phenoxy) is 1. The number of rotatable bonds is 5. The van der Waals surface area contributed by atoms with Crippen LogP contribution in [0.15, 0.2) is 18.2 Å². The van der Waals surface area contributed by atoms with Gasteiger partial charge < -0.3 is 15.4 Å². The van der Waals surface area contributed by atoms with Crippen molar-refractivity contribution in [3.63, 3.8) is 0 Å². The number of nitrogens with two attached hydrogens (primary N) is 1. The van der Waals surface area contributed by atoms with Gasteiger partial charge >= 0.3 is 0 Å². The lowest BCUT2D eigenvalue weighted by molar-refractivity contribution is 0.0617. The minimum absolute atomic E-state index is 0.103. The highest BCUT2D eigenvalue weighted by atomic mass is 16.5. The summed E-state index contributed by atoms with van der Waals surface area (Å²) in [4.78, 5) is 14.4. The van der Waals surface area contributed by atoms with E-state index in [-0.39, 0.29) is 11.4 Å². The second-order valence-electron chi connectivity index (χ2n) is 5.18. The number of amides is 1. The monoisotopic (exact) mass is 264 g/mol. The molecule has 2 N–H and O–H groups in total. The molecule has 4 nitrogen and oxygen atoms in total. The van der Waals surface area contributed by atoms with E-state index in [1.54, 1.807) is 30.1 Å². The predicted molar refractivity (Wildman–Crippen MR) is 78.5 cm³/mol. The van der Waals surface area contributed by atoms with Crippen molar-refractivity contribution in [1.82, 2.24) is 4.90 Å². The zero-order chi connectivity index (χ0) is 14.6. The highest BCUT2D eigenvalue weighted by Crippen LogP contribution is 2.28. The maximum atomic E-state index is 12.6.